The Balaban J connectivity index is 1.31. The summed E-state index contributed by atoms with van der Waals surface area (Å²) < 4.78 is 13.5. The summed E-state index contributed by atoms with van der Waals surface area (Å²) in [6, 6.07) is 19.4. The Morgan fingerprint density at radius 3 is 2.48 bits per heavy atom. The number of nitrogens with one attached hydrogen (secondary N) is 1. The van der Waals surface area contributed by atoms with E-state index in [0.29, 0.717) is 6.54 Å². The van der Waals surface area contributed by atoms with Crippen LogP contribution in [-0.2, 0) is 13.0 Å². The molecule has 1 aromatic heterocycles. The number of aryl methyl sites for hydroxylation is 1. The van der Waals surface area contributed by atoms with Crippen LogP contribution in [0.1, 0.15) is 18.1 Å². The van der Waals surface area contributed by atoms with E-state index in [1.54, 1.807) is 6.07 Å². The van der Waals surface area contributed by atoms with E-state index in [1.165, 1.54) is 17.7 Å². The Morgan fingerprint density at radius 2 is 1.76 bits per heavy atom. The summed E-state index contributed by atoms with van der Waals surface area (Å²) in [5.74, 6) is 0.307. The molecule has 7 heteroatoms. The quantitative estimate of drug-likeness (QED) is 0.391. The average molecular weight is 444 g/mol. The molecule has 0 spiro atoms. The molecule has 6 nitrogen and oxygen atoms in total. The third-order valence-corrected chi connectivity index (χ3v) is 6.36. The fourth-order valence-corrected chi connectivity index (χ4v) is 4.45. The Kier molecular flexibility index (Phi) is 5.88. The highest BCUT2D eigenvalue weighted by atomic mass is 19.1. The van der Waals surface area contributed by atoms with Gasteiger partial charge in [-0.05, 0) is 47.0 Å². The van der Waals surface area contributed by atoms with Gasteiger partial charge in [-0.1, -0.05) is 43.3 Å². The van der Waals surface area contributed by atoms with Crippen LogP contribution in [0.2, 0.25) is 0 Å². The molecule has 1 aliphatic rings. The number of halogens is 1. The predicted molar refractivity (Wildman–Crippen MR) is 130 cm³/mol. The first kappa shape index (κ1) is 21.3. The number of piperazine rings is 1. The molecule has 168 valence electrons. The van der Waals surface area contributed by atoms with E-state index >= 15 is 0 Å². The molecule has 0 radical (unpaired) electrons. The number of imidazole rings is 1. The molecule has 0 bridgehead atoms. The third kappa shape index (κ3) is 4.36. The van der Waals surface area contributed by atoms with Crippen LogP contribution in [-0.4, -0.2) is 41.0 Å². The van der Waals surface area contributed by atoms with Gasteiger partial charge in [0, 0.05) is 38.3 Å². The number of rotatable bonds is 6. The maximum absolute atomic E-state index is 13.5. The van der Waals surface area contributed by atoms with Gasteiger partial charge in [0.25, 0.3) is 0 Å². The second-order valence-electron chi connectivity index (χ2n) is 8.45. The molecule has 0 saturated carbocycles. The van der Waals surface area contributed by atoms with Crippen LogP contribution >= 0.6 is 0 Å². The monoisotopic (exact) mass is 443 g/mol. The molecule has 1 aliphatic heterocycles. The molecule has 33 heavy (non-hydrogen) atoms. The van der Waals surface area contributed by atoms with Gasteiger partial charge >= 0.3 is 0 Å². The first-order chi connectivity index (χ1) is 16.1. The summed E-state index contributed by atoms with van der Waals surface area (Å²) >= 11 is 0. The SMILES string of the molecule is CCc1ccc(-c2nc3cccc(N4CCN(Cc5ccc(F)c(N=O)c5)CC4)c3[nH]2)cc1. The smallest absolute Gasteiger partial charge is 0.152 e. The topological polar surface area (TPSA) is 64.6 Å². The number of hydrogen-bond acceptors (Lipinski definition) is 5. The van der Waals surface area contributed by atoms with Gasteiger partial charge < -0.3 is 9.88 Å². The van der Waals surface area contributed by atoms with Gasteiger partial charge in [0.15, 0.2) is 5.82 Å². The number of nitrogens with zero attached hydrogens (tertiary/aromatic N) is 4. The number of aromatic amines is 1. The lowest BCUT2D eigenvalue weighted by Gasteiger charge is -2.36. The van der Waals surface area contributed by atoms with E-state index in [2.05, 4.69) is 63.3 Å². The second kappa shape index (κ2) is 9.11. The van der Waals surface area contributed by atoms with Crippen molar-refractivity contribution in [3.8, 4) is 11.4 Å². The van der Waals surface area contributed by atoms with Gasteiger partial charge in [-0.3, -0.25) is 4.90 Å². The van der Waals surface area contributed by atoms with Crippen LogP contribution in [0.5, 0.6) is 0 Å². The number of H-pyrrole nitrogens is 1. The van der Waals surface area contributed by atoms with Crippen LogP contribution in [0.15, 0.2) is 65.8 Å². The molecule has 5 rings (SSSR count). The lowest BCUT2D eigenvalue weighted by atomic mass is 10.1. The molecular weight excluding hydrogens is 417 g/mol. The number of aromatic nitrogens is 2. The highest BCUT2D eigenvalue weighted by Crippen LogP contribution is 2.29. The zero-order valence-electron chi connectivity index (χ0n) is 18.6. The molecule has 0 unspecified atom stereocenters. The first-order valence-electron chi connectivity index (χ1n) is 11.3. The summed E-state index contributed by atoms with van der Waals surface area (Å²) in [6.07, 6.45) is 1.02. The summed E-state index contributed by atoms with van der Waals surface area (Å²) in [5.41, 5.74) is 6.34. The van der Waals surface area contributed by atoms with Crippen LogP contribution in [0.3, 0.4) is 0 Å². The Hall–Kier alpha value is -3.58. The van der Waals surface area contributed by atoms with Crippen LogP contribution < -0.4 is 4.90 Å². The summed E-state index contributed by atoms with van der Waals surface area (Å²) in [7, 11) is 0. The third-order valence-electron chi connectivity index (χ3n) is 6.36. The lowest BCUT2D eigenvalue weighted by Crippen LogP contribution is -2.46. The first-order valence-corrected chi connectivity index (χ1v) is 11.3. The van der Waals surface area contributed by atoms with Crippen molar-refractivity contribution >= 4 is 22.4 Å². The molecular formula is C26H26FN5O. The van der Waals surface area contributed by atoms with Crippen molar-refractivity contribution in [3.05, 3.63) is 82.5 Å². The number of benzene rings is 3. The van der Waals surface area contributed by atoms with Crippen molar-refractivity contribution in [3.63, 3.8) is 0 Å². The largest absolute Gasteiger partial charge is 0.367 e. The number of nitroso groups, excluding NO2 is 1. The average Bonchev–Trinajstić information content (AvgIpc) is 3.30. The van der Waals surface area contributed by atoms with Crippen molar-refractivity contribution < 1.29 is 4.39 Å². The van der Waals surface area contributed by atoms with Gasteiger partial charge in [-0.2, -0.15) is 0 Å². The van der Waals surface area contributed by atoms with E-state index in [4.69, 9.17) is 4.98 Å². The number of para-hydroxylation sites is 1. The summed E-state index contributed by atoms with van der Waals surface area (Å²) in [4.78, 5) is 23.8. The normalized spacial score (nSPS) is 14.7. The van der Waals surface area contributed by atoms with Crippen molar-refractivity contribution in [2.75, 3.05) is 31.1 Å². The van der Waals surface area contributed by atoms with Crippen LogP contribution in [0.4, 0.5) is 15.8 Å². The van der Waals surface area contributed by atoms with Gasteiger partial charge in [-0.15, -0.1) is 4.91 Å². The zero-order chi connectivity index (χ0) is 22.8. The standard InChI is InChI=1S/C26H26FN5O/c1-2-18-6-9-20(10-7-18)26-28-22-4-3-5-24(25(22)29-26)32-14-12-31(13-15-32)17-19-8-11-21(27)23(16-19)30-33/h3-11,16H,2,12-15,17H2,1H3,(H,28,29). The fraction of sp³-hybridized carbons (Fsp3) is 0.269. The summed E-state index contributed by atoms with van der Waals surface area (Å²) in [5, 5.41) is 2.78. The Bertz CT molecular complexity index is 1280. The Morgan fingerprint density at radius 1 is 1.00 bits per heavy atom. The van der Waals surface area contributed by atoms with Crippen molar-refractivity contribution in [1.29, 1.82) is 0 Å². The lowest BCUT2D eigenvalue weighted by molar-refractivity contribution is 0.250. The zero-order valence-corrected chi connectivity index (χ0v) is 18.6. The highest BCUT2D eigenvalue weighted by Gasteiger charge is 2.20. The molecule has 1 saturated heterocycles. The van der Waals surface area contributed by atoms with Gasteiger partial charge in [-0.25, -0.2) is 9.37 Å². The van der Waals surface area contributed by atoms with Gasteiger partial charge in [0.1, 0.15) is 11.5 Å². The minimum Gasteiger partial charge on any atom is -0.367 e. The van der Waals surface area contributed by atoms with Crippen LogP contribution in [0.25, 0.3) is 22.4 Å². The molecule has 4 aromatic rings. The second-order valence-corrected chi connectivity index (χ2v) is 8.45. The van der Waals surface area contributed by atoms with E-state index in [1.807, 2.05) is 6.07 Å². The van der Waals surface area contributed by atoms with Crippen LogP contribution in [0, 0.1) is 10.7 Å². The summed E-state index contributed by atoms with van der Waals surface area (Å²) in [6.45, 7) is 6.32. The van der Waals surface area contributed by atoms with E-state index < -0.39 is 5.82 Å². The minimum absolute atomic E-state index is 0.128. The predicted octanol–water partition coefficient (Wildman–Crippen LogP) is 5.65. The maximum atomic E-state index is 13.5. The molecule has 0 aliphatic carbocycles. The van der Waals surface area contributed by atoms with E-state index in [9.17, 15) is 9.30 Å². The highest BCUT2D eigenvalue weighted by molar-refractivity contribution is 5.91. The molecule has 3 aromatic carbocycles. The minimum atomic E-state index is -0.577. The molecule has 0 amide bonds. The fourth-order valence-electron chi connectivity index (χ4n) is 4.45. The number of anilines is 1. The van der Waals surface area contributed by atoms with Crippen molar-refractivity contribution in [2.45, 2.75) is 19.9 Å². The molecule has 1 fully saturated rings. The van der Waals surface area contributed by atoms with Gasteiger partial charge in [0.2, 0.25) is 0 Å². The number of hydrogen-bond donors (Lipinski definition) is 1. The maximum Gasteiger partial charge on any atom is 0.152 e. The van der Waals surface area contributed by atoms with E-state index in [0.717, 1.165) is 66.3 Å². The molecule has 1 N–H and O–H groups in total. The van der Waals surface area contributed by atoms with Crippen molar-refractivity contribution in [1.82, 2.24) is 14.9 Å². The molecule has 0 atom stereocenters. The van der Waals surface area contributed by atoms with Crippen molar-refractivity contribution in [2.24, 2.45) is 5.18 Å². The Labute approximate surface area is 192 Å². The number of fused-ring (bicyclic) bond motifs is 1. The van der Waals surface area contributed by atoms with E-state index in [-0.39, 0.29) is 5.69 Å². The van der Waals surface area contributed by atoms with Gasteiger partial charge in [0.05, 0.1) is 16.7 Å². The molecule has 2 heterocycles.